The van der Waals surface area contributed by atoms with Crippen LogP contribution in [0.4, 0.5) is 21.9 Å². The van der Waals surface area contributed by atoms with E-state index in [0.717, 1.165) is 16.8 Å². The van der Waals surface area contributed by atoms with E-state index in [1.807, 2.05) is 31.2 Å². The summed E-state index contributed by atoms with van der Waals surface area (Å²) in [6.07, 6.45) is -0.172. The number of aryl methyl sites for hydroxylation is 1. The zero-order valence-electron chi connectivity index (χ0n) is 22.4. The highest BCUT2D eigenvalue weighted by molar-refractivity contribution is 6.00. The predicted octanol–water partition coefficient (Wildman–Crippen LogP) is 5.77. The lowest BCUT2D eigenvalue weighted by Crippen LogP contribution is -2.30. The maximum absolute atomic E-state index is 12.6. The normalized spacial score (nSPS) is 11.1. The molecule has 0 fully saturated rings. The zero-order valence-corrected chi connectivity index (χ0v) is 22.4. The molecule has 9 nitrogen and oxygen atoms in total. The predicted molar refractivity (Wildman–Crippen MR) is 158 cm³/mol. The van der Waals surface area contributed by atoms with Gasteiger partial charge >= 0.3 is 12.0 Å². The van der Waals surface area contributed by atoms with Gasteiger partial charge < -0.3 is 26.4 Å². The number of carboxylic acid groups (broad SMARTS) is 1. The number of amides is 4. The number of rotatable bonds is 10. The number of carbonyl (C=O) groups excluding carboxylic acids is 3. The molecule has 0 heterocycles. The molecular formula is C32H30N4O5. The summed E-state index contributed by atoms with van der Waals surface area (Å²) >= 11 is 0. The van der Waals surface area contributed by atoms with Crippen LogP contribution >= 0.6 is 0 Å². The molecule has 0 bridgehead atoms. The van der Waals surface area contributed by atoms with Gasteiger partial charge in [-0.25, -0.2) is 4.79 Å². The van der Waals surface area contributed by atoms with Crippen LogP contribution in [0.25, 0.3) is 0 Å². The SMILES string of the molecule is Cc1ccccc1NC(=O)Nc1ccc(CC(=O)Nc2ccc([C@@H](CC(=O)O)NC(=O)c3ccccc3)cc2)cc1. The van der Waals surface area contributed by atoms with Crippen molar-refractivity contribution in [2.24, 2.45) is 0 Å². The highest BCUT2D eigenvalue weighted by atomic mass is 16.4. The third-order valence-corrected chi connectivity index (χ3v) is 6.29. The van der Waals surface area contributed by atoms with Gasteiger partial charge in [0, 0.05) is 22.6 Å². The van der Waals surface area contributed by atoms with Crippen molar-refractivity contribution < 1.29 is 24.3 Å². The molecule has 1 atom stereocenters. The van der Waals surface area contributed by atoms with Gasteiger partial charge in [-0.3, -0.25) is 14.4 Å². The molecule has 0 radical (unpaired) electrons. The van der Waals surface area contributed by atoms with Crippen molar-refractivity contribution in [1.82, 2.24) is 5.32 Å². The number of para-hydroxylation sites is 1. The van der Waals surface area contributed by atoms with E-state index in [-0.39, 0.29) is 30.7 Å². The Morgan fingerprint density at radius 3 is 1.98 bits per heavy atom. The number of aliphatic carboxylic acids is 1. The van der Waals surface area contributed by atoms with Crippen molar-refractivity contribution in [2.45, 2.75) is 25.8 Å². The third-order valence-electron chi connectivity index (χ3n) is 6.29. The first-order valence-electron chi connectivity index (χ1n) is 13.0. The summed E-state index contributed by atoms with van der Waals surface area (Å²) in [4.78, 5) is 48.9. The van der Waals surface area contributed by atoms with Crippen LogP contribution in [0.5, 0.6) is 0 Å². The van der Waals surface area contributed by atoms with Crippen LogP contribution in [0.1, 0.15) is 39.5 Å². The van der Waals surface area contributed by atoms with Crippen molar-refractivity contribution >= 4 is 40.9 Å². The van der Waals surface area contributed by atoms with E-state index in [1.54, 1.807) is 78.9 Å². The molecule has 9 heteroatoms. The van der Waals surface area contributed by atoms with Gasteiger partial charge in [0.05, 0.1) is 18.9 Å². The van der Waals surface area contributed by atoms with Crippen LogP contribution in [-0.2, 0) is 16.0 Å². The Morgan fingerprint density at radius 2 is 1.32 bits per heavy atom. The van der Waals surface area contributed by atoms with E-state index < -0.39 is 12.0 Å². The van der Waals surface area contributed by atoms with Gasteiger partial charge in [-0.1, -0.05) is 60.7 Å². The Kier molecular flexibility index (Phi) is 9.45. The zero-order chi connectivity index (χ0) is 29.2. The van der Waals surface area contributed by atoms with E-state index in [1.165, 1.54) is 0 Å². The molecule has 0 aliphatic carbocycles. The van der Waals surface area contributed by atoms with Crippen molar-refractivity contribution in [2.75, 3.05) is 16.0 Å². The lowest BCUT2D eigenvalue weighted by molar-refractivity contribution is -0.137. The van der Waals surface area contributed by atoms with Crippen molar-refractivity contribution in [3.8, 4) is 0 Å². The lowest BCUT2D eigenvalue weighted by Gasteiger charge is -2.18. The molecular weight excluding hydrogens is 520 g/mol. The quantitative estimate of drug-likeness (QED) is 0.171. The average Bonchev–Trinajstić information content (AvgIpc) is 2.95. The molecule has 4 rings (SSSR count). The van der Waals surface area contributed by atoms with Crippen molar-refractivity contribution in [1.29, 1.82) is 0 Å². The molecule has 0 unspecified atom stereocenters. The van der Waals surface area contributed by atoms with Crippen molar-refractivity contribution in [3.05, 3.63) is 125 Å². The first-order chi connectivity index (χ1) is 19.8. The van der Waals surface area contributed by atoms with Crippen molar-refractivity contribution in [3.63, 3.8) is 0 Å². The molecule has 41 heavy (non-hydrogen) atoms. The Labute approximate surface area is 237 Å². The third kappa shape index (κ3) is 8.52. The van der Waals surface area contributed by atoms with Gasteiger partial charge in [0.1, 0.15) is 0 Å². The summed E-state index contributed by atoms with van der Waals surface area (Å²) in [5, 5.41) is 20.5. The number of nitrogens with one attached hydrogen (secondary N) is 4. The fourth-order valence-electron chi connectivity index (χ4n) is 4.15. The first-order valence-corrected chi connectivity index (χ1v) is 13.0. The van der Waals surface area contributed by atoms with Crippen LogP contribution in [0.15, 0.2) is 103 Å². The van der Waals surface area contributed by atoms with Crippen LogP contribution in [-0.4, -0.2) is 28.9 Å². The van der Waals surface area contributed by atoms with Gasteiger partial charge in [-0.2, -0.15) is 0 Å². The molecule has 0 spiro atoms. The number of urea groups is 1. The number of carbonyl (C=O) groups is 4. The number of carboxylic acids is 1. The first kappa shape index (κ1) is 28.6. The maximum atomic E-state index is 12.6. The maximum Gasteiger partial charge on any atom is 0.323 e. The minimum Gasteiger partial charge on any atom is -0.481 e. The largest absolute Gasteiger partial charge is 0.481 e. The van der Waals surface area contributed by atoms with E-state index in [0.29, 0.717) is 22.5 Å². The molecule has 4 aromatic carbocycles. The summed E-state index contributed by atoms with van der Waals surface area (Å²) < 4.78 is 0. The van der Waals surface area contributed by atoms with E-state index in [2.05, 4.69) is 21.3 Å². The highest BCUT2D eigenvalue weighted by Gasteiger charge is 2.19. The number of anilines is 3. The van der Waals surface area contributed by atoms with Gasteiger partial charge in [0.2, 0.25) is 5.91 Å². The molecule has 0 saturated heterocycles. The molecule has 4 aromatic rings. The number of hydrogen-bond acceptors (Lipinski definition) is 4. The monoisotopic (exact) mass is 550 g/mol. The van der Waals surface area contributed by atoms with Gasteiger partial charge in [0.25, 0.3) is 5.91 Å². The summed E-state index contributed by atoms with van der Waals surface area (Å²) in [5.41, 5.74) is 4.59. The van der Waals surface area contributed by atoms with Crippen LogP contribution in [0.3, 0.4) is 0 Å². The summed E-state index contributed by atoms with van der Waals surface area (Å²) in [6, 6.07) is 28.6. The van der Waals surface area contributed by atoms with E-state index in [4.69, 9.17) is 0 Å². The number of hydrogen-bond donors (Lipinski definition) is 5. The van der Waals surface area contributed by atoms with Crippen LogP contribution in [0, 0.1) is 6.92 Å². The highest BCUT2D eigenvalue weighted by Crippen LogP contribution is 2.21. The Hall–Kier alpha value is -5.44. The van der Waals surface area contributed by atoms with E-state index >= 15 is 0 Å². The minimum absolute atomic E-state index is 0.117. The fourth-order valence-corrected chi connectivity index (χ4v) is 4.15. The molecule has 0 aromatic heterocycles. The molecule has 5 N–H and O–H groups in total. The topological polar surface area (TPSA) is 137 Å². The average molecular weight is 551 g/mol. The molecule has 0 aliphatic rings. The Bertz CT molecular complexity index is 1520. The van der Waals surface area contributed by atoms with Gasteiger partial charge in [0.15, 0.2) is 0 Å². The second-order valence-electron chi connectivity index (χ2n) is 9.43. The smallest absolute Gasteiger partial charge is 0.323 e. The Balaban J connectivity index is 1.30. The molecule has 208 valence electrons. The van der Waals surface area contributed by atoms with Gasteiger partial charge in [-0.15, -0.1) is 0 Å². The summed E-state index contributed by atoms with van der Waals surface area (Å²) in [5.74, 6) is -1.66. The summed E-state index contributed by atoms with van der Waals surface area (Å²) in [7, 11) is 0. The minimum atomic E-state index is -1.05. The van der Waals surface area contributed by atoms with E-state index in [9.17, 15) is 24.3 Å². The molecule has 0 aliphatic heterocycles. The molecule has 4 amide bonds. The van der Waals surface area contributed by atoms with Gasteiger partial charge in [-0.05, 0) is 66.1 Å². The van der Waals surface area contributed by atoms with Crippen LogP contribution < -0.4 is 21.3 Å². The summed E-state index contributed by atoms with van der Waals surface area (Å²) in [6.45, 7) is 1.91. The second kappa shape index (κ2) is 13.6. The molecule has 0 saturated carbocycles. The van der Waals surface area contributed by atoms with Crippen LogP contribution in [0.2, 0.25) is 0 Å². The second-order valence-corrected chi connectivity index (χ2v) is 9.43. The Morgan fingerprint density at radius 1 is 0.707 bits per heavy atom. The lowest BCUT2D eigenvalue weighted by atomic mass is 10.0. The number of benzene rings is 4. The fraction of sp³-hybridized carbons (Fsp3) is 0.125. The standard InChI is InChI=1S/C32H30N4O5/c1-21-7-5-6-10-27(21)36-32(41)34-26-15-11-22(12-16-26)19-29(37)33-25-17-13-23(14-18-25)28(20-30(38)39)35-31(40)24-8-3-2-4-9-24/h2-18,28H,19-20H2,1H3,(H,33,37)(H,35,40)(H,38,39)(H2,34,36,41)/t28-/m1/s1.